The van der Waals surface area contributed by atoms with Crippen LogP contribution in [0.2, 0.25) is 0 Å². The molecule has 1 rings (SSSR count). The van der Waals surface area contributed by atoms with Gasteiger partial charge in [-0.1, -0.05) is 12.1 Å². The van der Waals surface area contributed by atoms with Crippen molar-refractivity contribution in [2.45, 2.75) is 13.5 Å². The average Bonchev–Trinajstić information content (AvgIpc) is 2.04. The highest BCUT2D eigenvalue weighted by Gasteiger charge is 1.96. The number of aliphatic hydroxyl groups is 1. The van der Waals surface area contributed by atoms with Crippen LogP contribution in [0.3, 0.4) is 0 Å². The van der Waals surface area contributed by atoms with Crippen LogP contribution in [0.15, 0.2) is 18.2 Å². The normalized spacial score (nSPS) is 9.64. The van der Waals surface area contributed by atoms with Gasteiger partial charge in [-0.05, 0) is 24.1 Å². The Balaban J connectivity index is 3.09. The molecule has 58 valence electrons. The van der Waals surface area contributed by atoms with Gasteiger partial charge in [-0.2, -0.15) is 0 Å². The zero-order valence-corrected chi connectivity index (χ0v) is 6.37. The first kappa shape index (κ1) is 7.95. The Morgan fingerprint density at radius 2 is 2.27 bits per heavy atom. The van der Waals surface area contributed by atoms with Gasteiger partial charge in [-0.3, -0.25) is 4.79 Å². The summed E-state index contributed by atoms with van der Waals surface area (Å²) < 4.78 is 0. The molecule has 0 bridgehead atoms. The third-order valence-corrected chi connectivity index (χ3v) is 1.67. The van der Waals surface area contributed by atoms with Gasteiger partial charge in [0.15, 0.2) is 0 Å². The van der Waals surface area contributed by atoms with Crippen LogP contribution in [-0.2, 0) is 6.61 Å². The molecule has 0 fully saturated rings. The van der Waals surface area contributed by atoms with E-state index in [1.807, 2.05) is 6.92 Å². The number of carbonyl (C=O) groups excluding carboxylic acids is 1. The number of rotatable bonds is 2. The summed E-state index contributed by atoms with van der Waals surface area (Å²) in [5.74, 6) is 0. The molecule has 1 aromatic carbocycles. The van der Waals surface area contributed by atoms with Crippen molar-refractivity contribution < 1.29 is 9.90 Å². The van der Waals surface area contributed by atoms with Crippen molar-refractivity contribution in [3.63, 3.8) is 0 Å². The largest absolute Gasteiger partial charge is 0.392 e. The van der Waals surface area contributed by atoms with Crippen molar-refractivity contribution in [2.75, 3.05) is 0 Å². The molecule has 0 heterocycles. The molecule has 0 aliphatic carbocycles. The number of aldehydes is 1. The van der Waals surface area contributed by atoms with Crippen molar-refractivity contribution in [1.29, 1.82) is 0 Å². The lowest BCUT2D eigenvalue weighted by atomic mass is 10.1. The molecule has 11 heavy (non-hydrogen) atoms. The first-order valence-electron chi connectivity index (χ1n) is 3.43. The standard InChI is InChI=1S/C9H10O2/c1-7-4-8(5-10)2-3-9(7)6-11/h2-5,11H,6H2,1H3. The summed E-state index contributed by atoms with van der Waals surface area (Å²) in [6.45, 7) is 1.91. The van der Waals surface area contributed by atoms with Gasteiger partial charge < -0.3 is 5.11 Å². The molecule has 0 unspecified atom stereocenters. The number of hydrogen-bond acceptors (Lipinski definition) is 2. The lowest BCUT2D eigenvalue weighted by Gasteiger charge is -2.00. The molecule has 0 amide bonds. The molecule has 1 aromatic rings. The molecule has 0 saturated carbocycles. The Labute approximate surface area is 65.5 Å². The van der Waals surface area contributed by atoms with Crippen molar-refractivity contribution in [3.8, 4) is 0 Å². The van der Waals surface area contributed by atoms with Crippen LogP contribution in [-0.4, -0.2) is 11.4 Å². The Morgan fingerprint density at radius 1 is 1.55 bits per heavy atom. The Kier molecular flexibility index (Phi) is 2.39. The van der Waals surface area contributed by atoms with Gasteiger partial charge in [-0.15, -0.1) is 0 Å². The predicted molar refractivity (Wildman–Crippen MR) is 42.5 cm³/mol. The first-order valence-corrected chi connectivity index (χ1v) is 3.43. The number of aliphatic hydroxyl groups excluding tert-OH is 1. The number of hydrogen-bond donors (Lipinski definition) is 1. The van der Waals surface area contributed by atoms with Crippen LogP contribution in [0.5, 0.6) is 0 Å². The van der Waals surface area contributed by atoms with E-state index in [-0.39, 0.29) is 6.61 Å². The molecule has 0 saturated heterocycles. The highest BCUT2D eigenvalue weighted by atomic mass is 16.3. The van der Waals surface area contributed by atoms with Crippen LogP contribution in [0.4, 0.5) is 0 Å². The lowest BCUT2D eigenvalue weighted by Crippen LogP contribution is -1.90. The topological polar surface area (TPSA) is 37.3 Å². The minimum atomic E-state index is 0.0327. The molecular formula is C9H10O2. The summed E-state index contributed by atoms with van der Waals surface area (Å²) in [7, 11) is 0. The summed E-state index contributed by atoms with van der Waals surface area (Å²) in [6, 6.07) is 5.23. The maximum Gasteiger partial charge on any atom is 0.150 e. The zero-order chi connectivity index (χ0) is 8.27. The zero-order valence-electron chi connectivity index (χ0n) is 6.37. The van der Waals surface area contributed by atoms with Crippen molar-refractivity contribution in [3.05, 3.63) is 34.9 Å². The number of aryl methyl sites for hydroxylation is 1. The van der Waals surface area contributed by atoms with Crippen LogP contribution in [0.1, 0.15) is 21.5 Å². The van der Waals surface area contributed by atoms with Crippen molar-refractivity contribution in [1.82, 2.24) is 0 Å². The van der Waals surface area contributed by atoms with Gasteiger partial charge in [0.2, 0.25) is 0 Å². The van der Waals surface area contributed by atoms with E-state index in [1.54, 1.807) is 18.2 Å². The van der Waals surface area contributed by atoms with E-state index in [0.29, 0.717) is 5.56 Å². The molecule has 0 aliphatic heterocycles. The van der Waals surface area contributed by atoms with Gasteiger partial charge in [-0.25, -0.2) is 0 Å². The minimum Gasteiger partial charge on any atom is -0.392 e. The Bertz CT molecular complexity index is 266. The summed E-state index contributed by atoms with van der Waals surface area (Å²) in [6.07, 6.45) is 0.800. The molecule has 0 spiro atoms. The van der Waals surface area contributed by atoms with Gasteiger partial charge in [0.1, 0.15) is 6.29 Å². The van der Waals surface area contributed by atoms with E-state index in [0.717, 1.165) is 17.4 Å². The SMILES string of the molecule is Cc1cc(C=O)ccc1CO. The smallest absolute Gasteiger partial charge is 0.150 e. The summed E-state index contributed by atoms with van der Waals surface area (Å²) in [5, 5.41) is 8.79. The van der Waals surface area contributed by atoms with E-state index < -0.39 is 0 Å². The highest BCUT2D eigenvalue weighted by molar-refractivity contribution is 5.75. The van der Waals surface area contributed by atoms with Crippen LogP contribution < -0.4 is 0 Å². The summed E-state index contributed by atoms with van der Waals surface area (Å²) in [4.78, 5) is 10.3. The molecule has 0 atom stereocenters. The Morgan fingerprint density at radius 3 is 2.73 bits per heavy atom. The maximum atomic E-state index is 10.3. The molecule has 2 heteroatoms. The Hall–Kier alpha value is -1.15. The predicted octanol–water partition coefficient (Wildman–Crippen LogP) is 1.30. The van der Waals surface area contributed by atoms with Gasteiger partial charge in [0, 0.05) is 5.56 Å². The van der Waals surface area contributed by atoms with Crippen LogP contribution in [0.25, 0.3) is 0 Å². The lowest BCUT2D eigenvalue weighted by molar-refractivity contribution is 0.112. The second-order valence-corrected chi connectivity index (χ2v) is 2.46. The van der Waals surface area contributed by atoms with Crippen molar-refractivity contribution in [2.24, 2.45) is 0 Å². The molecule has 0 aromatic heterocycles. The number of carbonyl (C=O) groups is 1. The molecule has 1 N–H and O–H groups in total. The fourth-order valence-electron chi connectivity index (χ4n) is 0.970. The first-order chi connectivity index (χ1) is 5.27. The maximum absolute atomic E-state index is 10.3. The van der Waals surface area contributed by atoms with E-state index in [9.17, 15) is 4.79 Å². The quantitative estimate of drug-likeness (QED) is 0.645. The monoisotopic (exact) mass is 150 g/mol. The van der Waals surface area contributed by atoms with E-state index in [1.165, 1.54) is 0 Å². The van der Waals surface area contributed by atoms with Gasteiger partial charge >= 0.3 is 0 Å². The van der Waals surface area contributed by atoms with Gasteiger partial charge in [0.05, 0.1) is 6.61 Å². The molecule has 0 aliphatic rings. The van der Waals surface area contributed by atoms with Crippen LogP contribution in [0, 0.1) is 6.92 Å². The van der Waals surface area contributed by atoms with Crippen molar-refractivity contribution >= 4 is 6.29 Å². The van der Waals surface area contributed by atoms with Gasteiger partial charge in [0.25, 0.3) is 0 Å². The molecule has 0 radical (unpaired) electrons. The summed E-state index contributed by atoms with van der Waals surface area (Å²) in [5.41, 5.74) is 2.48. The highest BCUT2D eigenvalue weighted by Crippen LogP contribution is 2.09. The minimum absolute atomic E-state index is 0.0327. The molecular weight excluding hydrogens is 140 g/mol. The van der Waals surface area contributed by atoms with E-state index in [2.05, 4.69) is 0 Å². The fourth-order valence-corrected chi connectivity index (χ4v) is 0.970. The third kappa shape index (κ3) is 1.65. The second kappa shape index (κ2) is 3.30. The average molecular weight is 150 g/mol. The second-order valence-electron chi connectivity index (χ2n) is 2.46. The summed E-state index contributed by atoms with van der Waals surface area (Å²) >= 11 is 0. The third-order valence-electron chi connectivity index (χ3n) is 1.67. The van der Waals surface area contributed by atoms with E-state index in [4.69, 9.17) is 5.11 Å². The van der Waals surface area contributed by atoms with E-state index >= 15 is 0 Å². The van der Waals surface area contributed by atoms with Crippen LogP contribution >= 0.6 is 0 Å². The fraction of sp³-hybridized carbons (Fsp3) is 0.222. The number of benzene rings is 1. The molecule has 2 nitrogen and oxygen atoms in total.